The van der Waals surface area contributed by atoms with Gasteiger partial charge in [-0.2, -0.15) is 0 Å². The molecule has 0 aromatic rings. The lowest BCUT2D eigenvalue weighted by Gasteiger charge is -2.52. The molecule has 0 aromatic carbocycles. The molecular weight excluding hydrogens is 224 g/mol. The monoisotopic (exact) mass is 247 g/mol. The number of nitrogens with one attached hydrogen (secondary N) is 1. The molecule has 1 spiro atoms. The maximum Gasteiger partial charge on any atom is 0.248 e. The molecule has 0 amide bonds. The number of hydrogen-bond donors (Lipinski definition) is 1. The largest absolute Gasteiger partial charge is 0.372 e. The Kier molecular flexibility index (Phi) is 3.24. The molecule has 1 aliphatic heterocycles. The molecule has 1 atom stereocenters. The maximum atomic E-state index is 13.3. The summed E-state index contributed by atoms with van der Waals surface area (Å²) in [6.07, 6.45) is 0.854. The van der Waals surface area contributed by atoms with Crippen LogP contribution in [0.25, 0.3) is 0 Å². The van der Waals surface area contributed by atoms with Crippen LogP contribution in [-0.4, -0.2) is 30.7 Å². The molecule has 4 heteroatoms. The van der Waals surface area contributed by atoms with E-state index in [2.05, 4.69) is 26.1 Å². The van der Waals surface area contributed by atoms with Crippen molar-refractivity contribution in [2.24, 2.45) is 5.41 Å². The fraction of sp³-hybridized carbons (Fsp3) is 1.00. The Labute approximate surface area is 102 Å². The van der Waals surface area contributed by atoms with Crippen LogP contribution in [0, 0.1) is 5.41 Å². The van der Waals surface area contributed by atoms with Crippen molar-refractivity contribution in [1.29, 1.82) is 0 Å². The zero-order chi connectivity index (χ0) is 12.7. The summed E-state index contributed by atoms with van der Waals surface area (Å²) >= 11 is 0. The molecule has 1 saturated carbocycles. The third kappa shape index (κ3) is 2.63. The van der Waals surface area contributed by atoms with Crippen molar-refractivity contribution in [2.75, 3.05) is 13.2 Å². The Hall–Kier alpha value is -0.220. The third-order valence-corrected chi connectivity index (χ3v) is 4.06. The summed E-state index contributed by atoms with van der Waals surface area (Å²) in [5.74, 6) is -2.49. The van der Waals surface area contributed by atoms with E-state index >= 15 is 0 Å². The molecule has 1 N–H and O–H groups in total. The molecule has 0 bridgehead atoms. The topological polar surface area (TPSA) is 21.3 Å². The Morgan fingerprint density at radius 1 is 1.12 bits per heavy atom. The van der Waals surface area contributed by atoms with Gasteiger partial charge < -0.3 is 10.1 Å². The van der Waals surface area contributed by atoms with E-state index in [0.29, 0.717) is 19.4 Å². The van der Waals surface area contributed by atoms with Crippen LogP contribution in [0.1, 0.15) is 46.5 Å². The van der Waals surface area contributed by atoms with Crippen LogP contribution in [0.15, 0.2) is 0 Å². The zero-order valence-corrected chi connectivity index (χ0v) is 11.0. The average Bonchev–Trinajstić information content (AvgIpc) is 2.22. The first-order chi connectivity index (χ1) is 7.75. The van der Waals surface area contributed by atoms with E-state index < -0.39 is 5.92 Å². The number of morpholine rings is 1. The number of halogens is 2. The van der Waals surface area contributed by atoms with Crippen LogP contribution in [0.3, 0.4) is 0 Å². The fourth-order valence-electron chi connectivity index (χ4n) is 3.29. The highest BCUT2D eigenvalue weighted by molar-refractivity contribution is 5.04. The van der Waals surface area contributed by atoms with E-state index in [1.54, 1.807) is 0 Å². The molecule has 1 unspecified atom stereocenters. The molecule has 2 nitrogen and oxygen atoms in total. The molecule has 1 aliphatic carbocycles. The van der Waals surface area contributed by atoms with Crippen LogP contribution in [-0.2, 0) is 4.74 Å². The summed E-state index contributed by atoms with van der Waals surface area (Å²) in [4.78, 5) is 0. The average molecular weight is 247 g/mol. The summed E-state index contributed by atoms with van der Waals surface area (Å²) in [5.41, 5.74) is -0.342. The van der Waals surface area contributed by atoms with Gasteiger partial charge in [0.05, 0.1) is 12.2 Å². The second kappa shape index (κ2) is 4.16. The smallest absolute Gasteiger partial charge is 0.248 e. The van der Waals surface area contributed by atoms with Gasteiger partial charge in [0, 0.05) is 25.4 Å². The number of rotatable bonds is 0. The first-order valence-electron chi connectivity index (χ1n) is 6.50. The van der Waals surface area contributed by atoms with E-state index in [9.17, 15) is 8.78 Å². The molecule has 2 fully saturated rings. The molecule has 2 aliphatic rings. The highest BCUT2D eigenvalue weighted by Crippen LogP contribution is 2.46. The Morgan fingerprint density at radius 3 is 2.24 bits per heavy atom. The van der Waals surface area contributed by atoms with Gasteiger partial charge in [-0.3, -0.25) is 0 Å². The molecule has 17 heavy (non-hydrogen) atoms. The van der Waals surface area contributed by atoms with Crippen LogP contribution in [0.5, 0.6) is 0 Å². The molecule has 1 heterocycles. The second-order valence-corrected chi connectivity index (χ2v) is 6.52. The predicted molar refractivity (Wildman–Crippen MR) is 63.3 cm³/mol. The third-order valence-electron chi connectivity index (χ3n) is 4.06. The van der Waals surface area contributed by atoms with Gasteiger partial charge in [0.15, 0.2) is 0 Å². The van der Waals surface area contributed by atoms with Crippen molar-refractivity contribution in [2.45, 2.75) is 64.0 Å². The van der Waals surface area contributed by atoms with Crippen molar-refractivity contribution >= 4 is 0 Å². The van der Waals surface area contributed by atoms with E-state index in [0.717, 1.165) is 6.54 Å². The van der Waals surface area contributed by atoms with E-state index in [-0.39, 0.29) is 29.9 Å². The molecule has 1 saturated heterocycles. The van der Waals surface area contributed by atoms with E-state index in [1.807, 2.05) is 0 Å². The summed E-state index contributed by atoms with van der Waals surface area (Å²) in [7, 11) is 0. The van der Waals surface area contributed by atoms with Gasteiger partial charge in [-0.25, -0.2) is 8.78 Å². The van der Waals surface area contributed by atoms with Crippen molar-refractivity contribution in [1.82, 2.24) is 5.32 Å². The standard InChI is InChI=1S/C13H23F2NO/c1-11(2,3)10-12(17-9-8-16-10)4-6-13(14,15)7-5-12/h10,16H,4-9H2,1-3H3. The fourth-order valence-corrected chi connectivity index (χ4v) is 3.29. The van der Waals surface area contributed by atoms with Crippen molar-refractivity contribution in [3.05, 3.63) is 0 Å². The summed E-state index contributed by atoms with van der Waals surface area (Å²) in [6.45, 7) is 7.90. The lowest BCUT2D eigenvalue weighted by molar-refractivity contribution is -0.176. The summed E-state index contributed by atoms with van der Waals surface area (Å²) < 4.78 is 32.5. The predicted octanol–water partition coefficient (Wildman–Crippen LogP) is 2.97. The Morgan fingerprint density at radius 2 is 1.71 bits per heavy atom. The van der Waals surface area contributed by atoms with E-state index in [1.165, 1.54) is 0 Å². The Bertz CT molecular complexity index is 276. The normalized spacial score (nSPS) is 32.6. The number of ether oxygens (including phenoxy) is 1. The van der Waals surface area contributed by atoms with Crippen LogP contribution in [0.4, 0.5) is 8.78 Å². The van der Waals surface area contributed by atoms with Crippen LogP contribution < -0.4 is 5.32 Å². The van der Waals surface area contributed by atoms with Gasteiger partial charge in [-0.15, -0.1) is 0 Å². The SMILES string of the molecule is CC(C)(C)C1NCCOC12CCC(F)(F)CC2. The van der Waals surface area contributed by atoms with Gasteiger partial charge in [-0.05, 0) is 18.3 Å². The minimum Gasteiger partial charge on any atom is -0.372 e. The summed E-state index contributed by atoms with van der Waals surface area (Å²) in [6, 6.07) is 0.167. The van der Waals surface area contributed by atoms with Crippen molar-refractivity contribution in [3.63, 3.8) is 0 Å². The Balaban J connectivity index is 2.16. The molecule has 0 radical (unpaired) electrons. The first kappa shape index (κ1) is 13.2. The quantitative estimate of drug-likeness (QED) is 0.710. The molecule has 2 rings (SSSR count). The minimum atomic E-state index is -2.49. The van der Waals surface area contributed by atoms with Crippen LogP contribution >= 0.6 is 0 Å². The maximum absolute atomic E-state index is 13.3. The van der Waals surface area contributed by atoms with Crippen molar-refractivity contribution in [3.8, 4) is 0 Å². The minimum absolute atomic E-state index is 0.0348. The summed E-state index contributed by atoms with van der Waals surface area (Å²) in [5, 5.41) is 3.48. The molecule has 100 valence electrons. The second-order valence-electron chi connectivity index (χ2n) is 6.52. The van der Waals surface area contributed by atoms with Crippen LogP contribution in [0.2, 0.25) is 0 Å². The zero-order valence-electron chi connectivity index (χ0n) is 11.0. The van der Waals surface area contributed by atoms with Gasteiger partial charge in [-0.1, -0.05) is 20.8 Å². The number of hydrogen-bond acceptors (Lipinski definition) is 2. The van der Waals surface area contributed by atoms with E-state index in [4.69, 9.17) is 4.74 Å². The molecule has 0 aromatic heterocycles. The van der Waals surface area contributed by atoms with Gasteiger partial charge in [0.25, 0.3) is 0 Å². The van der Waals surface area contributed by atoms with Gasteiger partial charge in [0.1, 0.15) is 0 Å². The van der Waals surface area contributed by atoms with Gasteiger partial charge in [0.2, 0.25) is 5.92 Å². The lowest BCUT2D eigenvalue weighted by Crippen LogP contribution is -2.64. The highest BCUT2D eigenvalue weighted by Gasteiger charge is 2.52. The van der Waals surface area contributed by atoms with Gasteiger partial charge >= 0.3 is 0 Å². The highest BCUT2D eigenvalue weighted by atomic mass is 19.3. The molecular formula is C13H23F2NO. The van der Waals surface area contributed by atoms with Crippen molar-refractivity contribution < 1.29 is 13.5 Å². The first-order valence-corrected chi connectivity index (χ1v) is 6.50. The lowest BCUT2D eigenvalue weighted by atomic mass is 9.68. The number of alkyl halides is 2.